The molecule has 4 heteroatoms. The first kappa shape index (κ1) is 17.9. The van der Waals surface area contributed by atoms with E-state index in [0.29, 0.717) is 19.1 Å². The smallest absolute Gasteiger partial charge is 0.319 e. The van der Waals surface area contributed by atoms with E-state index in [1.807, 2.05) is 50.2 Å². The second-order valence-corrected chi connectivity index (χ2v) is 6.17. The largest absolute Gasteiger partial charge is 0.491 e. The molecular formula is C20H26N2O2. The molecule has 0 saturated heterocycles. The predicted octanol–water partition coefficient (Wildman–Crippen LogP) is 4.63. The molecule has 24 heavy (non-hydrogen) atoms. The summed E-state index contributed by atoms with van der Waals surface area (Å²) >= 11 is 0. The fourth-order valence-electron chi connectivity index (χ4n) is 2.47. The normalized spacial score (nSPS) is 10.5. The lowest BCUT2D eigenvalue weighted by molar-refractivity contribution is 0.247. The van der Waals surface area contributed by atoms with E-state index >= 15 is 0 Å². The highest BCUT2D eigenvalue weighted by atomic mass is 16.5. The number of hydrogen-bond acceptors (Lipinski definition) is 2. The Morgan fingerprint density at radius 3 is 2.58 bits per heavy atom. The number of ether oxygens (including phenoxy) is 1. The van der Waals surface area contributed by atoms with Gasteiger partial charge in [0.2, 0.25) is 0 Å². The number of hydrogen-bond donors (Lipinski definition) is 2. The predicted molar refractivity (Wildman–Crippen MR) is 99.0 cm³/mol. The van der Waals surface area contributed by atoms with Crippen molar-refractivity contribution in [3.8, 4) is 5.75 Å². The number of para-hydroxylation sites is 1. The topological polar surface area (TPSA) is 50.4 Å². The van der Waals surface area contributed by atoms with Crippen molar-refractivity contribution in [2.75, 3.05) is 18.5 Å². The average Bonchev–Trinajstić information content (AvgIpc) is 2.56. The van der Waals surface area contributed by atoms with Crippen LogP contribution >= 0.6 is 0 Å². The molecule has 0 spiro atoms. The van der Waals surface area contributed by atoms with E-state index in [1.54, 1.807) is 0 Å². The Hall–Kier alpha value is -2.49. The van der Waals surface area contributed by atoms with Gasteiger partial charge in [-0.2, -0.15) is 0 Å². The van der Waals surface area contributed by atoms with Crippen molar-refractivity contribution in [2.24, 2.45) is 0 Å². The minimum Gasteiger partial charge on any atom is -0.491 e. The molecular weight excluding hydrogens is 300 g/mol. The van der Waals surface area contributed by atoms with Gasteiger partial charge in [-0.1, -0.05) is 44.2 Å². The van der Waals surface area contributed by atoms with Gasteiger partial charge < -0.3 is 15.4 Å². The number of carbonyl (C=O) groups excluding carboxylic acids is 1. The van der Waals surface area contributed by atoms with Crippen LogP contribution in [-0.2, 0) is 0 Å². The number of benzene rings is 2. The van der Waals surface area contributed by atoms with E-state index in [1.165, 1.54) is 5.56 Å². The summed E-state index contributed by atoms with van der Waals surface area (Å²) < 4.78 is 5.80. The first-order valence-electron chi connectivity index (χ1n) is 8.32. The Bertz CT molecular complexity index is 696. The van der Waals surface area contributed by atoms with Gasteiger partial charge in [-0.05, 0) is 48.6 Å². The Kier molecular flexibility index (Phi) is 6.24. The fourth-order valence-corrected chi connectivity index (χ4v) is 2.47. The van der Waals surface area contributed by atoms with E-state index in [-0.39, 0.29) is 6.03 Å². The third kappa shape index (κ3) is 4.75. The lowest BCUT2D eigenvalue weighted by Crippen LogP contribution is -2.32. The van der Waals surface area contributed by atoms with Crippen molar-refractivity contribution < 1.29 is 9.53 Å². The van der Waals surface area contributed by atoms with Crippen molar-refractivity contribution in [1.29, 1.82) is 0 Å². The Balaban J connectivity index is 1.80. The standard InChI is InChI=1S/C20H26N2O2/c1-14(2)17-9-5-6-11-19(17)24-13-12-21-20(23)22-18-10-7-8-15(3)16(18)4/h5-11,14H,12-13H2,1-4H3,(H2,21,22,23). The molecule has 0 aliphatic carbocycles. The van der Waals surface area contributed by atoms with Gasteiger partial charge >= 0.3 is 6.03 Å². The van der Waals surface area contributed by atoms with Crippen molar-refractivity contribution in [1.82, 2.24) is 5.32 Å². The van der Waals surface area contributed by atoms with E-state index in [2.05, 4.69) is 30.5 Å². The molecule has 2 aromatic carbocycles. The van der Waals surface area contributed by atoms with Gasteiger partial charge in [0.25, 0.3) is 0 Å². The molecule has 0 fully saturated rings. The number of urea groups is 1. The van der Waals surface area contributed by atoms with Crippen molar-refractivity contribution >= 4 is 11.7 Å². The number of carbonyl (C=O) groups is 1. The summed E-state index contributed by atoms with van der Waals surface area (Å²) in [5.74, 6) is 1.28. The Morgan fingerprint density at radius 2 is 1.83 bits per heavy atom. The fraction of sp³-hybridized carbons (Fsp3) is 0.350. The quantitative estimate of drug-likeness (QED) is 0.761. The lowest BCUT2D eigenvalue weighted by atomic mass is 10.0. The zero-order valence-corrected chi connectivity index (χ0v) is 14.8. The van der Waals surface area contributed by atoms with Gasteiger partial charge in [0.05, 0.1) is 6.54 Å². The van der Waals surface area contributed by atoms with E-state index in [9.17, 15) is 4.79 Å². The maximum atomic E-state index is 12.0. The summed E-state index contributed by atoms with van der Waals surface area (Å²) in [6, 6.07) is 13.6. The molecule has 2 amide bonds. The summed E-state index contributed by atoms with van der Waals surface area (Å²) in [6.07, 6.45) is 0. The Labute approximate surface area is 144 Å². The monoisotopic (exact) mass is 326 g/mol. The van der Waals surface area contributed by atoms with Gasteiger partial charge in [0.1, 0.15) is 12.4 Å². The summed E-state index contributed by atoms with van der Waals surface area (Å²) in [7, 11) is 0. The number of aryl methyl sites for hydroxylation is 1. The molecule has 2 aromatic rings. The summed E-state index contributed by atoms with van der Waals surface area (Å²) in [4.78, 5) is 12.0. The van der Waals surface area contributed by atoms with Crippen molar-refractivity contribution in [3.05, 3.63) is 59.2 Å². The highest BCUT2D eigenvalue weighted by Crippen LogP contribution is 2.25. The van der Waals surface area contributed by atoms with E-state index in [0.717, 1.165) is 22.6 Å². The van der Waals surface area contributed by atoms with Gasteiger partial charge in [-0.3, -0.25) is 0 Å². The van der Waals surface area contributed by atoms with Gasteiger partial charge in [-0.25, -0.2) is 4.79 Å². The van der Waals surface area contributed by atoms with Crippen molar-refractivity contribution in [2.45, 2.75) is 33.6 Å². The van der Waals surface area contributed by atoms with Crippen LogP contribution in [0.2, 0.25) is 0 Å². The summed E-state index contributed by atoms with van der Waals surface area (Å²) in [5.41, 5.74) is 4.24. The number of amides is 2. The molecule has 0 heterocycles. The van der Waals surface area contributed by atoms with Gasteiger partial charge in [0, 0.05) is 5.69 Å². The van der Waals surface area contributed by atoms with Gasteiger partial charge in [-0.15, -0.1) is 0 Å². The molecule has 2 rings (SSSR count). The molecule has 0 aromatic heterocycles. The average molecular weight is 326 g/mol. The minimum atomic E-state index is -0.218. The van der Waals surface area contributed by atoms with Gasteiger partial charge in [0.15, 0.2) is 0 Å². The molecule has 0 saturated carbocycles. The minimum absolute atomic E-state index is 0.218. The number of nitrogens with one attached hydrogen (secondary N) is 2. The molecule has 0 aliphatic rings. The van der Waals surface area contributed by atoms with Crippen LogP contribution in [0.1, 0.15) is 36.5 Å². The van der Waals surface area contributed by atoms with Crippen LogP contribution in [0.25, 0.3) is 0 Å². The van der Waals surface area contributed by atoms with Crippen LogP contribution in [-0.4, -0.2) is 19.2 Å². The van der Waals surface area contributed by atoms with Crippen LogP contribution < -0.4 is 15.4 Å². The maximum absolute atomic E-state index is 12.0. The van der Waals surface area contributed by atoms with Crippen LogP contribution in [0, 0.1) is 13.8 Å². The molecule has 128 valence electrons. The SMILES string of the molecule is Cc1cccc(NC(=O)NCCOc2ccccc2C(C)C)c1C. The summed E-state index contributed by atoms with van der Waals surface area (Å²) in [6.45, 7) is 9.18. The third-order valence-electron chi connectivity index (χ3n) is 4.04. The van der Waals surface area contributed by atoms with E-state index in [4.69, 9.17) is 4.74 Å². The van der Waals surface area contributed by atoms with Crippen molar-refractivity contribution in [3.63, 3.8) is 0 Å². The first-order chi connectivity index (χ1) is 11.5. The highest BCUT2D eigenvalue weighted by Gasteiger charge is 2.08. The zero-order valence-electron chi connectivity index (χ0n) is 14.8. The second-order valence-electron chi connectivity index (χ2n) is 6.17. The molecule has 0 atom stereocenters. The van der Waals surface area contributed by atoms with Crippen LogP contribution in [0.4, 0.5) is 10.5 Å². The van der Waals surface area contributed by atoms with Crippen LogP contribution in [0.3, 0.4) is 0 Å². The van der Waals surface area contributed by atoms with E-state index < -0.39 is 0 Å². The lowest BCUT2D eigenvalue weighted by Gasteiger charge is -2.14. The molecule has 0 bridgehead atoms. The number of anilines is 1. The number of rotatable bonds is 6. The second kappa shape index (κ2) is 8.39. The highest BCUT2D eigenvalue weighted by molar-refractivity contribution is 5.90. The van der Waals surface area contributed by atoms with Crippen LogP contribution in [0.5, 0.6) is 5.75 Å². The first-order valence-corrected chi connectivity index (χ1v) is 8.32. The molecule has 2 N–H and O–H groups in total. The molecule has 0 unspecified atom stereocenters. The third-order valence-corrected chi connectivity index (χ3v) is 4.04. The molecule has 4 nitrogen and oxygen atoms in total. The van der Waals surface area contributed by atoms with Crippen LogP contribution in [0.15, 0.2) is 42.5 Å². The summed E-state index contributed by atoms with van der Waals surface area (Å²) in [5, 5.41) is 5.70. The Morgan fingerprint density at radius 1 is 1.08 bits per heavy atom. The zero-order chi connectivity index (χ0) is 17.5. The maximum Gasteiger partial charge on any atom is 0.319 e. The molecule has 0 aliphatic heterocycles. The molecule has 0 radical (unpaired) electrons.